The molecular weight excluding hydrogens is 251 g/mol. The van der Waals surface area contributed by atoms with E-state index in [1.54, 1.807) is 0 Å². The summed E-state index contributed by atoms with van der Waals surface area (Å²) < 4.78 is 0. The third-order valence-electron chi connectivity index (χ3n) is 2.17. The van der Waals surface area contributed by atoms with E-state index in [2.05, 4.69) is 12.1 Å². The van der Waals surface area contributed by atoms with Crippen LogP contribution in [0.1, 0.15) is 22.3 Å². The summed E-state index contributed by atoms with van der Waals surface area (Å²) >= 11 is 0. The molecule has 0 bridgehead atoms. The third kappa shape index (κ3) is 6.97. The van der Waals surface area contributed by atoms with Crippen molar-refractivity contribution in [1.29, 1.82) is 0 Å². The molecule has 0 heterocycles. The maximum atomic E-state index is 3.17. The molecule has 0 unspecified atom stereocenters. The van der Waals surface area contributed by atoms with Crippen molar-refractivity contribution in [3.05, 3.63) is 70.8 Å². The molecule has 2 aromatic carbocycles. The van der Waals surface area contributed by atoms with Gasteiger partial charge in [-0.15, -0.1) is 0 Å². The number of hydrogen-bond donors (Lipinski definition) is 0. The molecule has 0 amide bonds. The Balaban J connectivity index is 0.000000284. The van der Waals surface area contributed by atoms with Crippen LogP contribution in [0.2, 0.25) is 0 Å². The zero-order chi connectivity index (χ0) is 12.0. The zero-order valence-electron chi connectivity index (χ0n) is 10.8. The van der Waals surface area contributed by atoms with Gasteiger partial charge in [0.2, 0.25) is 0 Å². The Morgan fingerprint density at radius 3 is 0.941 bits per heavy atom. The molecule has 0 nitrogen and oxygen atoms in total. The second-order valence-electron chi connectivity index (χ2n) is 4.03. The molecule has 0 aliphatic heterocycles. The van der Waals surface area contributed by atoms with Crippen molar-refractivity contribution in [2.75, 3.05) is 0 Å². The summed E-state index contributed by atoms with van der Waals surface area (Å²) in [6.07, 6.45) is 0. The van der Waals surface area contributed by atoms with Crippen molar-refractivity contribution in [2.24, 2.45) is 0 Å². The first-order valence-corrected chi connectivity index (χ1v) is 5.49. The van der Waals surface area contributed by atoms with Gasteiger partial charge in [-0.3, -0.25) is 0 Å². The fraction of sp³-hybridized carbons (Fsp3) is 0.250. The first-order valence-electron chi connectivity index (χ1n) is 5.49. The van der Waals surface area contributed by atoms with Crippen molar-refractivity contribution in [2.45, 2.75) is 27.7 Å². The number of rotatable bonds is 0. The topological polar surface area (TPSA) is 0 Å². The SMILES string of the molecule is Cc1[c-]c(C)ccc1.Cc1[c-]c(C)ccc1.[Ni+2]. The van der Waals surface area contributed by atoms with E-state index in [4.69, 9.17) is 0 Å². The Kier molecular flexibility index (Phi) is 7.58. The van der Waals surface area contributed by atoms with Crippen molar-refractivity contribution >= 4 is 0 Å². The number of benzene rings is 2. The second-order valence-corrected chi connectivity index (χ2v) is 4.03. The maximum absolute atomic E-state index is 3.17. The van der Waals surface area contributed by atoms with Crippen LogP contribution in [0.5, 0.6) is 0 Å². The van der Waals surface area contributed by atoms with Gasteiger partial charge in [0.1, 0.15) is 0 Å². The van der Waals surface area contributed by atoms with E-state index >= 15 is 0 Å². The molecule has 17 heavy (non-hydrogen) atoms. The molecule has 0 fully saturated rings. The van der Waals surface area contributed by atoms with Gasteiger partial charge in [-0.2, -0.15) is 70.8 Å². The summed E-state index contributed by atoms with van der Waals surface area (Å²) in [6.45, 7) is 8.19. The van der Waals surface area contributed by atoms with Crippen LogP contribution < -0.4 is 0 Å². The van der Waals surface area contributed by atoms with E-state index in [0.717, 1.165) is 0 Å². The van der Waals surface area contributed by atoms with Crippen LogP contribution in [0.3, 0.4) is 0 Å². The molecular formula is C16H18Ni. The fourth-order valence-electron chi connectivity index (χ4n) is 1.46. The molecule has 0 N–H and O–H groups in total. The molecule has 0 saturated heterocycles. The minimum absolute atomic E-state index is 0. The van der Waals surface area contributed by atoms with E-state index in [9.17, 15) is 0 Å². The summed E-state index contributed by atoms with van der Waals surface area (Å²) in [6, 6.07) is 18.6. The number of hydrogen-bond acceptors (Lipinski definition) is 0. The summed E-state index contributed by atoms with van der Waals surface area (Å²) in [4.78, 5) is 0. The third-order valence-corrected chi connectivity index (χ3v) is 2.17. The largest absolute Gasteiger partial charge is 2.00 e. The Labute approximate surface area is 115 Å². The molecule has 0 saturated carbocycles. The van der Waals surface area contributed by atoms with Gasteiger partial charge in [0, 0.05) is 0 Å². The first kappa shape index (κ1) is 15.9. The average molecular weight is 269 g/mol. The van der Waals surface area contributed by atoms with Crippen LogP contribution in [-0.2, 0) is 16.5 Å². The van der Waals surface area contributed by atoms with Crippen molar-refractivity contribution < 1.29 is 16.5 Å². The van der Waals surface area contributed by atoms with Gasteiger partial charge in [-0.1, -0.05) is 27.7 Å². The van der Waals surface area contributed by atoms with Crippen LogP contribution >= 0.6 is 0 Å². The van der Waals surface area contributed by atoms with E-state index in [1.165, 1.54) is 22.3 Å². The Hall–Kier alpha value is -1.07. The summed E-state index contributed by atoms with van der Waals surface area (Å²) in [5.41, 5.74) is 4.85. The van der Waals surface area contributed by atoms with Gasteiger partial charge in [-0.05, 0) is 0 Å². The predicted octanol–water partition coefficient (Wildman–Crippen LogP) is 4.20. The van der Waals surface area contributed by atoms with Gasteiger partial charge in [-0.25, -0.2) is 0 Å². The molecule has 92 valence electrons. The molecule has 2 aromatic rings. The monoisotopic (exact) mass is 268 g/mol. The Morgan fingerprint density at radius 1 is 0.588 bits per heavy atom. The fourth-order valence-corrected chi connectivity index (χ4v) is 1.46. The second kappa shape index (κ2) is 8.09. The van der Waals surface area contributed by atoms with Crippen LogP contribution in [-0.4, -0.2) is 0 Å². The summed E-state index contributed by atoms with van der Waals surface area (Å²) in [5.74, 6) is 0. The van der Waals surface area contributed by atoms with Crippen LogP contribution in [0.15, 0.2) is 36.4 Å². The summed E-state index contributed by atoms with van der Waals surface area (Å²) in [5, 5.41) is 0. The van der Waals surface area contributed by atoms with E-state index < -0.39 is 0 Å². The Bertz CT molecular complexity index is 369. The molecule has 0 aliphatic rings. The van der Waals surface area contributed by atoms with Crippen molar-refractivity contribution in [1.82, 2.24) is 0 Å². The molecule has 1 heteroatoms. The van der Waals surface area contributed by atoms with Crippen LogP contribution in [0, 0.1) is 39.8 Å². The van der Waals surface area contributed by atoms with E-state index in [0.29, 0.717) is 0 Å². The Morgan fingerprint density at radius 2 is 0.824 bits per heavy atom. The predicted molar refractivity (Wildman–Crippen MR) is 69.5 cm³/mol. The molecule has 0 spiro atoms. The minimum Gasteiger partial charge on any atom is -0.177 e. The first-order chi connectivity index (χ1) is 7.58. The molecule has 2 rings (SSSR count). The standard InChI is InChI=1S/2C8H9.Ni/c2*1-7-4-3-5-8(2)6-7;/h2*3-5H,1-2H3;/q2*-1;+2. The van der Waals surface area contributed by atoms with Gasteiger partial charge in [0.15, 0.2) is 0 Å². The molecule has 0 radical (unpaired) electrons. The molecule has 0 aromatic heterocycles. The molecule has 0 aliphatic carbocycles. The van der Waals surface area contributed by atoms with Gasteiger partial charge < -0.3 is 0 Å². The van der Waals surface area contributed by atoms with Gasteiger partial charge in [0.25, 0.3) is 0 Å². The van der Waals surface area contributed by atoms with Crippen LogP contribution in [0.25, 0.3) is 0 Å². The van der Waals surface area contributed by atoms with Crippen LogP contribution in [0.4, 0.5) is 0 Å². The summed E-state index contributed by atoms with van der Waals surface area (Å²) in [7, 11) is 0. The zero-order valence-corrected chi connectivity index (χ0v) is 11.8. The number of aryl methyl sites for hydroxylation is 4. The van der Waals surface area contributed by atoms with Gasteiger partial charge >= 0.3 is 16.5 Å². The molecule has 0 atom stereocenters. The van der Waals surface area contributed by atoms with Crippen molar-refractivity contribution in [3.8, 4) is 0 Å². The van der Waals surface area contributed by atoms with E-state index in [1.807, 2.05) is 64.1 Å². The smallest absolute Gasteiger partial charge is 0.177 e. The average Bonchev–Trinajstić information content (AvgIpc) is 2.17. The minimum atomic E-state index is 0. The normalized spacial score (nSPS) is 8.71. The van der Waals surface area contributed by atoms with Gasteiger partial charge in [0.05, 0.1) is 0 Å². The maximum Gasteiger partial charge on any atom is 2.00 e. The van der Waals surface area contributed by atoms with Crippen molar-refractivity contribution in [3.63, 3.8) is 0 Å². The van der Waals surface area contributed by atoms with E-state index in [-0.39, 0.29) is 16.5 Å². The quantitative estimate of drug-likeness (QED) is 0.496.